The van der Waals surface area contributed by atoms with Crippen LogP contribution in [0.1, 0.15) is 24.0 Å². The molecule has 3 N–H and O–H groups in total. The van der Waals surface area contributed by atoms with Gasteiger partial charge in [-0.05, 0) is 90.2 Å². The third-order valence-corrected chi connectivity index (χ3v) is 6.61. The first-order chi connectivity index (χ1) is 19.0. The fourth-order valence-electron chi connectivity index (χ4n) is 4.42. The third kappa shape index (κ3) is 8.18. The van der Waals surface area contributed by atoms with Gasteiger partial charge in [-0.25, -0.2) is 0 Å². The number of phenols is 1. The number of phenolic OH excluding ortho intramolecular Hbond substituents is 1. The molecule has 0 unspecified atom stereocenters. The number of nitrogens with zero attached hydrogens (tertiary/aromatic N) is 3. The lowest BCUT2D eigenvalue weighted by Gasteiger charge is -2.15. The third-order valence-electron chi connectivity index (χ3n) is 6.61. The second-order valence-electron chi connectivity index (χ2n) is 9.50. The molecule has 1 fully saturated rings. The predicted molar refractivity (Wildman–Crippen MR) is 154 cm³/mol. The summed E-state index contributed by atoms with van der Waals surface area (Å²) in [5.41, 5.74) is 11.5. The molecule has 0 saturated carbocycles. The highest BCUT2D eigenvalue weighted by Gasteiger charge is 2.17. The minimum atomic E-state index is 0.257. The molecule has 1 heterocycles. The van der Waals surface area contributed by atoms with E-state index in [-0.39, 0.29) is 5.75 Å². The summed E-state index contributed by atoms with van der Waals surface area (Å²) >= 11 is 0. The Bertz CT molecular complexity index is 1400. The molecule has 4 aromatic rings. The second-order valence-corrected chi connectivity index (χ2v) is 9.50. The first-order valence-electron chi connectivity index (χ1n) is 13.0. The number of hydrogen-bond donors (Lipinski definition) is 2. The average molecular weight is 517 g/mol. The molecule has 6 heteroatoms. The van der Waals surface area contributed by atoms with Crippen LogP contribution in [0, 0.1) is 22.7 Å². The largest absolute Gasteiger partial charge is 0.508 e. The molecular formula is C33H32N4O2. The summed E-state index contributed by atoms with van der Waals surface area (Å²) in [6.45, 7) is 3.90. The van der Waals surface area contributed by atoms with E-state index in [1.54, 1.807) is 24.3 Å². The summed E-state index contributed by atoms with van der Waals surface area (Å²) in [4.78, 5) is 2.40. The number of nitrogens with two attached hydrogens (primary N) is 1. The van der Waals surface area contributed by atoms with Crippen molar-refractivity contribution in [3.8, 4) is 45.9 Å². The summed E-state index contributed by atoms with van der Waals surface area (Å²) in [5, 5.41) is 26.6. The van der Waals surface area contributed by atoms with E-state index in [4.69, 9.17) is 26.1 Å². The van der Waals surface area contributed by atoms with E-state index in [2.05, 4.69) is 29.2 Å². The molecule has 1 aliphatic heterocycles. The fourth-order valence-corrected chi connectivity index (χ4v) is 4.42. The molecule has 0 aliphatic carbocycles. The number of benzene rings is 4. The van der Waals surface area contributed by atoms with Crippen LogP contribution in [0.5, 0.6) is 11.5 Å². The van der Waals surface area contributed by atoms with E-state index >= 15 is 0 Å². The molecule has 196 valence electrons. The zero-order valence-corrected chi connectivity index (χ0v) is 21.8. The maximum Gasteiger partial charge on any atom is 0.119 e. The highest BCUT2D eigenvalue weighted by molar-refractivity contribution is 5.65. The van der Waals surface area contributed by atoms with Gasteiger partial charge in [0.15, 0.2) is 0 Å². The number of aromatic hydroxyl groups is 1. The molecule has 0 amide bonds. The van der Waals surface area contributed by atoms with Crippen molar-refractivity contribution in [2.24, 2.45) is 5.73 Å². The number of hydrogen-bond acceptors (Lipinski definition) is 6. The van der Waals surface area contributed by atoms with Crippen LogP contribution in [-0.4, -0.2) is 42.3 Å². The van der Waals surface area contributed by atoms with Crippen molar-refractivity contribution in [2.75, 3.05) is 26.2 Å². The maximum atomic E-state index is 9.14. The number of ether oxygens (including phenoxy) is 1. The Kier molecular flexibility index (Phi) is 9.69. The Morgan fingerprint density at radius 3 is 1.64 bits per heavy atom. The second kappa shape index (κ2) is 13.8. The lowest BCUT2D eigenvalue weighted by Crippen LogP contribution is -2.28. The topological polar surface area (TPSA) is 106 Å². The summed E-state index contributed by atoms with van der Waals surface area (Å²) in [6, 6.07) is 34.6. The van der Waals surface area contributed by atoms with Crippen molar-refractivity contribution in [3.63, 3.8) is 0 Å². The molecule has 39 heavy (non-hydrogen) atoms. The van der Waals surface area contributed by atoms with Gasteiger partial charge in [-0.1, -0.05) is 48.5 Å². The van der Waals surface area contributed by atoms with Crippen LogP contribution in [0.15, 0.2) is 97.1 Å². The van der Waals surface area contributed by atoms with Crippen LogP contribution < -0.4 is 10.5 Å². The van der Waals surface area contributed by atoms with Crippen LogP contribution in [0.3, 0.4) is 0 Å². The van der Waals surface area contributed by atoms with E-state index in [1.807, 2.05) is 60.7 Å². The Labute approximate surface area is 230 Å². The number of rotatable bonds is 7. The van der Waals surface area contributed by atoms with Gasteiger partial charge in [-0.3, -0.25) is 0 Å². The molecular weight excluding hydrogens is 484 g/mol. The van der Waals surface area contributed by atoms with Crippen LogP contribution in [-0.2, 0) is 0 Å². The summed E-state index contributed by atoms with van der Waals surface area (Å²) in [7, 11) is 0. The van der Waals surface area contributed by atoms with Crippen molar-refractivity contribution >= 4 is 0 Å². The SMILES string of the molecule is N#Cc1ccc(-c2ccc(O)cc2)cc1.N#Cc1ccc(-c2ccc(OCCCN3CC[C@@H](N)C3)cc2)cc1. The van der Waals surface area contributed by atoms with Crippen molar-refractivity contribution in [1.29, 1.82) is 10.5 Å². The zero-order valence-electron chi connectivity index (χ0n) is 21.8. The number of nitriles is 2. The van der Waals surface area contributed by atoms with E-state index in [9.17, 15) is 0 Å². The quantitative estimate of drug-likeness (QED) is 0.294. The van der Waals surface area contributed by atoms with Gasteiger partial charge in [-0.2, -0.15) is 10.5 Å². The highest BCUT2D eigenvalue weighted by Crippen LogP contribution is 2.23. The van der Waals surface area contributed by atoms with Gasteiger partial charge in [0.05, 0.1) is 29.9 Å². The summed E-state index contributed by atoms with van der Waals surface area (Å²) < 4.78 is 5.82. The fraction of sp³-hybridized carbons (Fsp3) is 0.212. The minimum Gasteiger partial charge on any atom is -0.508 e. The molecule has 0 aromatic heterocycles. The van der Waals surface area contributed by atoms with Crippen LogP contribution >= 0.6 is 0 Å². The molecule has 0 spiro atoms. The molecule has 1 aliphatic rings. The monoisotopic (exact) mass is 516 g/mol. The van der Waals surface area contributed by atoms with Crippen LogP contribution in [0.25, 0.3) is 22.3 Å². The van der Waals surface area contributed by atoms with Gasteiger partial charge < -0.3 is 20.5 Å². The maximum absolute atomic E-state index is 9.14. The molecule has 0 radical (unpaired) electrons. The zero-order chi connectivity index (χ0) is 27.5. The molecule has 1 saturated heterocycles. The lowest BCUT2D eigenvalue weighted by atomic mass is 10.0. The lowest BCUT2D eigenvalue weighted by molar-refractivity contribution is 0.262. The normalized spacial score (nSPS) is 14.5. The van der Waals surface area contributed by atoms with Crippen molar-refractivity contribution in [2.45, 2.75) is 18.9 Å². The molecule has 1 atom stereocenters. The molecule has 0 bridgehead atoms. The van der Waals surface area contributed by atoms with Gasteiger partial charge in [-0.15, -0.1) is 0 Å². The molecule has 5 rings (SSSR count). The Hall–Kier alpha value is -4.62. The summed E-state index contributed by atoms with van der Waals surface area (Å²) in [5.74, 6) is 1.15. The predicted octanol–water partition coefficient (Wildman–Crippen LogP) is 5.96. The van der Waals surface area contributed by atoms with Gasteiger partial charge >= 0.3 is 0 Å². The Balaban J connectivity index is 0.000000202. The standard InChI is InChI=1S/C20H23N3O.C13H9NO/c21-14-16-2-4-17(5-3-16)18-6-8-20(9-7-18)24-13-1-11-23-12-10-19(22)15-23;14-9-10-1-3-11(4-2-10)12-5-7-13(15)8-6-12/h2-9,19H,1,10-13,15,22H2;1-8,15H/t19-;/m1./s1. The minimum absolute atomic E-state index is 0.257. The van der Waals surface area contributed by atoms with E-state index < -0.39 is 0 Å². The Morgan fingerprint density at radius 2 is 1.21 bits per heavy atom. The average Bonchev–Trinajstić information content (AvgIpc) is 3.41. The highest BCUT2D eigenvalue weighted by atomic mass is 16.5. The first kappa shape index (κ1) is 27.4. The van der Waals surface area contributed by atoms with Gasteiger partial charge in [0.1, 0.15) is 11.5 Å². The van der Waals surface area contributed by atoms with Gasteiger partial charge in [0.2, 0.25) is 0 Å². The van der Waals surface area contributed by atoms with Crippen molar-refractivity contribution in [1.82, 2.24) is 4.90 Å². The smallest absolute Gasteiger partial charge is 0.119 e. The van der Waals surface area contributed by atoms with E-state index in [1.165, 1.54) is 0 Å². The van der Waals surface area contributed by atoms with Gasteiger partial charge in [0.25, 0.3) is 0 Å². The van der Waals surface area contributed by atoms with Crippen molar-refractivity contribution in [3.05, 3.63) is 108 Å². The Morgan fingerprint density at radius 1 is 0.744 bits per heavy atom. The van der Waals surface area contributed by atoms with Crippen LogP contribution in [0.2, 0.25) is 0 Å². The van der Waals surface area contributed by atoms with Crippen molar-refractivity contribution < 1.29 is 9.84 Å². The first-order valence-corrected chi connectivity index (χ1v) is 13.0. The summed E-state index contributed by atoms with van der Waals surface area (Å²) in [6.07, 6.45) is 2.13. The van der Waals surface area contributed by atoms with Crippen LogP contribution in [0.4, 0.5) is 0 Å². The molecule has 4 aromatic carbocycles. The number of likely N-dealkylation sites (tertiary alicyclic amines) is 1. The van der Waals surface area contributed by atoms with E-state index in [0.29, 0.717) is 17.2 Å². The van der Waals surface area contributed by atoms with E-state index in [0.717, 1.165) is 67.1 Å². The van der Waals surface area contributed by atoms with Gasteiger partial charge in [0, 0.05) is 19.1 Å². The molecule has 6 nitrogen and oxygen atoms in total.